The van der Waals surface area contributed by atoms with Gasteiger partial charge in [-0.15, -0.1) is 0 Å². The van der Waals surface area contributed by atoms with Crippen LogP contribution in [0.1, 0.15) is 0 Å². The molecule has 0 bridgehead atoms. The van der Waals surface area contributed by atoms with Gasteiger partial charge in [0.2, 0.25) is 0 Å². The summed E-state index contributed by atoms with van der Waals surface area (Å²) in [6.07, 6.45) is -22.9. The second-order valence-corrected chi connectivity index (χ2v) is 2.66. The lowest BCUT2D eigenvalue weighted by Gasteiger charge is -2.30. The summed E-state index contributed by atoms with van der Waals surface area (Å²) in [6.45, 7) is 1.83. The van der Waals surface area contributed by atoms with Crippen LogP contribution in [0.3, 0.4) is 0 Å². The maximum atomic E-state index is 12.6. The van der Waals surface area contributed by atoms with Crippen molar-refractivity contribution < 1.29 is 43.9 Å². The molecule has 0 amide bonds. The predicted octanol–water partition coefficient (Wildman–Crippen LogP) is 3.74. The van der Waals surface area contributed by atoms with E-state index in [4.69, 9.17) is 0 Å². The van der Waals surface area contributed by atoms with Gasteiger partial charge in [0.1, 0.15) is 0 Å². The van der Waals surface area contributed by atoms with Gasteiger partial charge in [-0.2, -0.15) is 39.5 Å². The molecule has 0 aromatic carbocycles. The van der Waals surface area contributed by atoms with Crippen LogP contribution >= 0.6 is 0 Å². The third kappa shape index (κ3) is 4.06. The largest absolute Gasteiger partial charge is 0.469 e. The molecule has 0 saturated carbocycles. The van der Waals surface area contributed by atoms with Crippen molar-refractivity contribution in [1.29, 1.82) is 0 Å². The van der Waals surface area contributed by atoms with Crippen LogP contribution in [-0.2, 0) is 0 Å². The molecular weight excluding hydrogens is 276 g/mol. The van der Waals surface area contributed by atoms with Gasteiger partial charge in [0, 0.05) is 0 Å². The number of rotatable bonds is 2. The minimum absolute atomic E-state index is 1.83. The van der Waals surface area contributed by atoms with E-state index in [1.165, 1.54) is 0 Å². The molecule has 17 heavy (non-hydrogen) atoms. The van der Waals surface area contributed by atoms with Crippen LogP contribution in [0.15, 0.2) is 12.2 Å². The summed E-state index contributed by atoms with van der Waals surface area (Å²) >= 11 is 0. The van der Waals surface area contributed by atoms with E-state index in [2.05, 4.69) is 0 Å². The zero-order valence-corrected chi connectivity index (χ0v) is 7.51. The molecule has 0 aliphatic rings. The normalized spacial score (nSPS) is 16.2. The van der Waals surface area contributed by atoms with Gasteiger partial charge in [0.15, 0.2) is 6.30 Å². The minimum Gasteiger partial charge on any atom is -0.224 e. The van der Waals surface area contributed by atoms with Crippen molar-refractivity contribution in [3.05, 3.63) is 12.2 Å². The van der Waals surface area contributed by atoms with E-state index in [1.807, 2.05) is 6.58 Å². The zero-order chi connectivity index (χ0) is 14.2. The van der Waals surface area contributed by atoms with Gasteiger partial charge in [-0.3, -0.25) is 0 Å². The maximum absolute atomic E-state index is 12.6. The van der Waals surface area contributed by atoms with E-state index in [9.17, 15) is 43.9 Å². The minimum atomic E-state index is -6.36. The third-order valence-corrected chi connectivity index (χ3v) is 1.42. The topological polar surface area (TPSA) is 3.24 Å². The molecule has 0 aliphatic heterocycles. The quantitative estimate of drug-likeness (QED) is 0.423. The number of alkyl halides is 10. The summed E-state index contributed by atoms with van der Waals surface area (Å²) in [5.74, 6) is 0. The van der Waals surface area contributed by atoms with E-state index in [0.717, 1.165) is 0 Å². The second kappa shape index (κ2) is 4.35. The zero-order valence-electron chi connectivity index (χ0n) is 7.51. The summed E-state index contributed by atoms with van der Waals surface area (Å²) in [5.41, 5.74) is -2.80. The highest BCUT2D eigenvalue weighted by Gasteiger charge is 2.60. The molecule has 0 aliphatic carbocycles. The van der Waals surface area contributed by atoms with Crippen LogP contribution in [0.5, 0.6) is 0 Å². The Hall–Kier alpha value is -1.00. The monoisotopic (exact) mass is 279 g/mol. The van der Waals surface area contributed by atoms with E-state index in [-0.39, 0.29) is 0 Å². The molecule has 0 radical (unpaired) electrons. The van der Waals surface area contributed by atoms with Crippen molar-refractivity contribution in [2.24, 2.45) is 0 Å². The molecule has 0 fully saturated rings. The highest BCUT2D eigenvalue weighted by Crippen LogP contribution is 2.40. The average Bonchev–Trinajstić information content (AvgIpc) is 1.94. The lowest BCUT2D eigenvalue weighted by molar-refractivity contribution is -0.394. The highest BCUT2D eigenvalue weighted by atomic mass is 19.4. The maximum Gasteiger partial charge on any atom is 0.469 e. The van der Waals surface area contributed by atoms with Crippen LogP contribution in [0, 0.1) is 0 Å². The summed E-state index contributed by atoms with van der Waals surface area (Å²) in [4.78, 5) is -2.82. The van der Waals surface area contributed by atoms with Crippen LogP contribution in [0.2, 0.25) is 0 Å². The Bertz CT molecular complexity index is 269. The Morgan fingerprint density at radius 1 is 0.824 bits per heavy atom. The van der Waals surface area contributed by atoms with Crippen LogP contribution in [0.4, 0.5) is 43.9 Å². The van der Waals surface area contributed by atoms with Crippen molar-refractivity contribution in [2.75, 3.05) is 0 Å². The van der Waals surface area contributed by atoms with Crippen molar-refractivity contribution in [3.8, 4) is 0 Å². The van der Waals surface area contributed by atoms with E-state index in [1.54, 1.807) is 0 Å². The number of halogens is 10. The van der Waals surface area contributed by atoms with Gasteiger partial charge in [0.05, 0.1) is 5.57 Å². The Balaban J connectivity index is 5.32. The fraction of sp³-hybridized carbons (Fsp3) is 0.667. The van der Waals surface area contributed by atoms with Gasteiger partial charge in [-0.1, -0.05) is 11.5 Å². The number of nitrogens with zero attached hydrogens (tertiary/aromatic N) is 1. The van der Waals surface area contributed by atoms with E-state index < -0.39 is 35.5 Å². The molecule has 11 heteroatoms. The van der Waals surface area contributed by atoms with Crippen LogP contribution in [-0.4, -0.2) is 30.0 Å². The van der Waals surface area contributed by atoms with Crippen LogP contribution in [0.25, 0.3) is 0 Å². The summed E-state index contributed by atoms with van der Waals surface area (Å²) < 4.78 is 118. The molecule has 0 N–H and O–H groups in total. The van der Waals surface area contributed by atoms with E-state index >= 15 is 0 Å². The first-order valence-electron chi connectivity index (χ1n) is 3.52. The Kier molecular flexibility index (Phi) is 4.09. The fourth-order valence-electron chi connectivity index (χ4n) is 0.692. The Morgan fingerprint density at radius 2 is 1.12 bits per heavy atom. The molecule has 0 aromatic heterocycles. The summed E-state index contributed by atoms with van der Waals surface area (Å²) in [6, 6.07) is 0. The average molecular weight is 279 g/mol. The van der Waals surface area contributed by atoms with Crippen molar-refractivity contribution in [3.63, 3.8) is 0 Å². The first-order chi connectivity index (χ1) is 7.19. The standard InChI is InChI=1S/C6H3F10N/c1-2(4(8,9)10)3(7)17(5(11,12)13)6(14,15)16/h3H,1H2. The lowest BCUT2D eigenvalue weighted by Crippen LogP contribution is -2.54. The van der Waals surface area contributed by atoms with Gasteiger partial charge >= 0.3 is 18.8 Å². The van der Waals surface area contributed by atoms with Crippen molar-refractivity contribution >= 4 is 0 Å². The smallest absolute Gasteiger partial charge is 0.224 e. The second-order valence-electron chi connectivity index (χ2n) is 2.66. The van der Waals surface area contributed by atoms with Crippen molar-refractivity contribution in [2.45, 2.75) is 25.1 Å². The molecular formula is C6H3F10N. The molecule has 0 rings (SSSR count). The number of hydrogen-bond donors (Lipinski definition) is 0. The predicted molar refractivity (Wildman–Crippen MR) is 34.0 cm³/mol. The summed E-state index contributed by atoms with van der Waals surface area (Å²) in [7, 11) is 0. The molecule has 0 saturated heterocycles. The molecule has 1 unspecified atom stereocenters. The molecule has 0 spiro atoms. The van der Waals surface area contributed by atoms with Gasteiger partial charge in [-0.05, 0) is 0 Å². The number of hydrogen-bond acceptors (Lipinski definition) is 1. The van der Waals surface area contributed by atoms with Crippen LogP contribution < -0.4 is 0 Å². The third-order valence-electron chi connectivity index (χ3n) is 1.42. The van der Waals surface area contributed by atoms with Gasteiger partial charge < -0.3 is 0 Å². The first-order valence-corrected chi connectivity index (χ1v) is 3.52. The van der Waals surface area contributed by atoms with E-state index in [0.29, 0.717) is 0 Å². The Morgan fingerprint density at radius 3 is 1.29 bits per heavy atom. The van der Waals surface area contributed by atoms with Crippen molar-refractivity contribution in [1.82, 2.24) is 4.90 Å². The fourth-order valence-corrected chi connectivity index (χ4v) is 0.692. The van der Waals surface area contributed by atoms with Gasteiger partial charge in [-0.25, -0.2) is 4.39 Å². The highest BCUT2D eigenvalue weighted by molar-refractivity contribution is 5.09. The Labute approximate surface area is 87.3 Å². The lowest BCUT2D eigenvalue weighted by atomic mass is 10.2. The summed E-state index contributed by atoms with van der Waals surface area (Å²) in [5, 5.41) is 0. The van der Waals surface area contributed by atoms with Gasteiger partial charge in [0.25, 0.3) is 0 Å². The molecule has 102 valence electrons. The molecule has 0 aromatic rings. The first kappa shape index (κ1) is 16.0. The molecule has 1 atom stereocenters. The SMILES string of the molecule is C=C(C(F)N(C(F)(F)F)C(F)(F)F)C(F)(F)F. The molecule has 0 heterocycles. The molecule has 1 nitrogen and oxygen atoms in total.